The third-order valence-corrected chi connectivity index (χ3v) is 3.80. The average Bonchev–Trinajstić information content (AvgIpc) is 3.19. The molecule has 0 aliphatic rings. The van der Waals surface area contributed by atoms with Crippen molar-refractivity contribution in [3.05, 3.63) is 48.5 Å². The molecule has 2 aromatic rings. The van der Waals surface area contributed by atoms with Gasteiger partial charge in [0.2, 0.25) is 0 Å². The van der Waals surface area contributed by atoms with Gasteiger partial charge >= 0.3 is 12.1 Å². The van der Waals surface area contributed by atoms with Gasteiger partial charge in [-0.2, -0.15) is 0 Å². The lowest BCUT2D eigenvalue weighted by atomic mass is 10.1. The summed E-state index contributed by atoms with van der Waals surface area (Å²) in [7, 11) is 0. The maximum Gasteiger partial charge on any atom is 0.419 e. The lowest BCUT2D eigenvalue weighted by Gasteiger charge is -2.20. The van der Waals surface area contributed by atoms with Gasteiger partial charge in [-0.15, -0.1) is 0 Å². The van der Waals surface area contributed by atoms with Crippen molar-refractivity contribution in [3.8, 4) is 0 Å². The van der Waals surface area contributed by atoms with Crippen LogP contribution < -0.4 is 5.32 Å². The zero-order chi connectivity index (χ0) is 18.8. The van der Waals surface area contributed by atoms with Gasteiger partial charge in [-0.05, 0) is 37.6 Å². The van der Waals surface area contributed by atoms with Gasteiger partial charge in [-0.1, -0.05) is 19.8 Å². The Labute approximate surface area is 153 Å². The van der Waals surface area contributed by atoms with Crippen LogP contribution in [0.5, 0.6) is 0 Å². The average molecular weight is 359 g/mol. The van der Waals surface area contributed by atoms with E-state index in [0.717, 1.165) is 24.9 Å². The highest BCUT2D eigenvalue weighted by Gasteiger charge is 2.13. The summed E-state index contributed by atoms with van der Waals surface area (Å²) in [5.41, 5.74) is 1.37. The van der Waals surface area contributed by atoms with Crippen molar-refractivity contribution in [2.45, 2.75) is 39.2 Å². The number of carbonyl (C=O) groups excluding carboxylic acids is 2. The smallest absolute Gasteiger partial charge is 0.419 e. The summed E-state index contributed by atoms with van der Waals surface area (Å²) >= 11 is 0. The number of rotatable bonds is 9. The van der Waals surface area contributed by atoms with Crippen molar-refractivity contribution in [2.24, 2.45) is 0 Å². The Balaban J connectivity index is 1.93. The van der Waals surface area contributed by atoms with E-state index in [1.165, 1.54) is 17.1 Å². The summed E-state index contributed by atoms with van der Waals surface area (Å²) in [5, 5.41) is 3.36. The molecule has 0 spiro atoms. The van der Waals surface area contributed by atoms with Crippen molar-refractivity contribution in [1.82, 2.24) is 9.55 Å². The first-order valence-corrected chi connectivity index (χ1v) is 8.82. The first-order valence-electron chi connectivity index (χ1n) is 8.82. The number of unbranched alkanes of at least 4 members (excludes halogenated alkanes) is 1. The second kappa shape index (κ2) is 10.2. The fraction of sp³-hybridized carbons (Fsp3) is 0.421. The first-order chi connectivity index (χ1) is 12.6. The SMILES string of the molecule is CCCC[C@@H](COC(=O)n1ccnc1)Nc1ccc(C(=O)OCC)cc1. The highest BCUT2D eigenvalue weighted by atomic mass is 16.6. The monoisotopic (exact) mass is 359 g/mol. The predicted molar refractivity (Wildman–Crippen MR) is 98.3 cm³/mol. The van der Waals surface area contributed by atoms with Crippen LogP contribution in [-0.4, -0.2) is 40.9 Å². The number of hydrogen-bond donors (Lipinski definition) is 1. The van der Waals surface area contributed by atoms with E-state index < -0.39 is 6.09 Å². The molecule has 0 aliphatic carbocycles. The van der Waals surface area contributed by atoms with Crippen LogP contribution >= 0.6 is 0 Å². The molecule has 0 bridgehead atoms. The van der Waals surface area contributed by atoms with Crippen molar-refractivity contribution in [2.75, 3.05) is 18.5 Å². The highest BCUT2D eigenvalue weighted by molar-refractivity contribution is 5.89. The molecule has 7 heteroatoms. The van der Waals surface area contributed by atoms with Gasteiger partial charge in [-0.3, -0.25) is 0 Å². The van der Waals surface area contributed by atoms with Gasteiger partial charge in [0, 0.05) is 18.1 Å². The van der Waals surface area contributed by atoms with Gasteiger partial charge in [0.05, 0.1) is 18.2 Å². The number of nitrogens with one attached hydrogen (secondary N) is 1. The quantitative estimate of drug-likeness (QED) is 0.687. The molecule has 0 fully saturated rings. The largest absolute Gasteiger partial charge is 0.462 e. The van der Waals surface area contributed by atoms with Crippen LogP contribution in [0.15, 0.2) is 43.0 Å². The van der Waals surface area contributed by atoms with E-state index in [9.17, 15) is 9.59 Å². The first kappa shape index (κ1) is 19.5. The molecule has 0 radical (unpaired) electrons. The molecule has 2 rings (SSSR count). The maximum absolute atomic E-state index is 11.9. The van der Waals surface area contributed by atoms with Crippen LogP contribution in [0.25, 0.3) is 0 Å². The third-order valence-electron chi connectivity index (χ3n) is 3.80. The van der Waals surface area contributed by atoms with Gasteiger partial charge in [0.1, 0.15) is 12.9 Å². The van der Waals surface area contributed by atoms with Crippen molar-refractivity contribution < 1.29 is 19.1 Å². The number of hydrogen-bond acceptors (Lipinski definition) is 6. The molecular weight excluding hydrogens is 334 g/mol. The standard InChI is InChI=1S/C19H25N3O4/c1-3-5-6-17(13-26-19(24)22-12-11-20-14-22)21-16-9-7-15(8-10-16)18(23)25-4-2/h7-12,14,17,21H,3-6,13H2,1-2H3/t17-/m0/s1. The molecule has 7 nitrogen and oxygen atoms in total. The molecule has 1 heterocycles. The minimum Gasteiger partial charge on any atom is -0.462 e. The van der Waals surface area contributed by atoms with E-state index in [0.29, 0.717) is 12.2 Å². The molecule has 1 aromatic carbocycles. The fourth-order valence-electron chi connectivity index (χ4n) is 2.41. The van der Waals surface area contributed by atoms with E-state index in [-0.39, 0.29) is 18.6 Å². The van der Waals surface area contributed by atoms with E-state index in [2.05, 4.69) is 17.2 Å². The molecule has 1 aromatic heterocycles. The van der Waals surface area contributed by atoms with Crippen LogP contribution in [0.1, 0.15) is 43.5 Å². The predicted octanol–water partition coefficient (Wildman–Crippen LogP) is 3.72. The molecule has 0 saturated heterocycles. The Morgan fingerprint density at radius 1 is 1.19 bits per heavy atom. The summed E-state index contributed by atoms with van der Waals surface area (Å²) in [6, 6.07) is 7.06. The van der Waals surface area contributed by atoms with Crippen molar-refractivity contribution in [1.29, 1.82) is 0 Å². The van der Waals surface area contributed by atoms with Crippen LogP contribution in [0, 0.1) is 0 Å². The topological polar surface area (TPSA) is 82.5 Å². The van der Waals surface area contributed by atoms with Crippen LogP contribution in [-0.2, 0) is 9.47 Å². The number of benzene rings is 1. The zero-order valence-corrected chi connectivity index (χ0v) is 15.2. The van der Waals surface area contributed by atoms with Crippen LogP contribution in [0.4, 0.5) is 10.5 Å². The number of imidazole rings is 1. The molecule has 0 unspecified atom stereocenters. The van der Waals surface area contributed by atoms with Gasteiger partial charge in [0.25, 0.3) is 0 Å². The van der Waals surface area contributed by atoms with Gasteiger partial charge in [-0.25, -0.2) is 19.1 Å². The number of nitrogens with zero attached hydrogens (tertiary/aromatic N) is 2. The number of esters is 1. The third kappa shape index (κ3) is 5.91. The zero-order valence-electron chi connectivity index (χ0n) is 15.2. The Hall–Kier alpha value is -2.83. The van der Waals surface area contributed by atoms with Crippen molar-refractivity contribution >= 4 is 17.7 Å². The molecule has 26 heavy (non-hydrogen) atoms. The van der Waals surface area contributed by atoms with Crippen molar-refractivity contribution in [3.63, 3.8) is 0 Å². The summed E-state index contributed by atoms with van der Waals surface area (Å²) in [4.78, 5) is 27.5. The minimum absolute atomic E-state index is 0.0177. The fourth-order valence-corrected chi connectivity index (χ4v) is 2.41. The molecule has 0 aliphatic heterocycles. The van der Waals surface area contributed by atoms with E-state index in [1.54, 1.807) is 25.3 Å². The molecule has 1 N–H and O–H groups in total. The van der Waals surface area contributed by atoms with Crippen LogP contribution in [0.3, 0.4) is 0 Å². The lowest BCUT2D eigenvalue weighted by molar-refractivity contribution is 0.0526. The molecule has 0 saturated carbocycles. The number of anilines is 1. The second-order valence-corrected chi connectivity index (χ2v) is 5.83. The summed E-state index contributed by atoms with van der Waals surface area (Å²) in [6.45, 7) is 4.48. The van der Waals surface area contributed by atoms with E-state index in [4.69, 9.17) is 9.47 Å². The Bertz CT molecular complexity index is 683. The molecular formula is C19H25N3O4. The maximum atomic E-state index is 11.9. The number of carbonyl (C=O) groups is 2. The summed E-state index contributed by atoms with van der Waals surface area (Å²) in [5.74, 6) is -0.337. The highest BCUT2D eigenvalue weighted by Crippen LogP contribution is 2.14. The van der Waals surface area contributed by atoms with E-state index >= 15 is 0 Å². The van der Waals surface area contributed by atoms with Gasteiger partial charge < -0.3 is 14.8 Å². The Morgan fingerprint density at radius 3 is 2.58 bits per heavy atom. The molecule has 140 valence electrons. The minimum atomic E-state index is -0.455. The Morgan fingerprint density at radius 2 is 1.96 bits per heavy atom. The van der Waals surface area contributed by atoms with Gasteiger partial charge in [0.15, 0.2) is 0 Å². The number of aromatic nitrogens is 2. The summed E-state index contributed by atoms with van der Waals surface area (Å²) < 4.78 is 11.6. The Kier molecular flexibility index (Phi) is 7.67. The molecule has 0 amide bonds. The summed E-state index contributed by atoms with van der Waals surface area (Å²) in [6.07, 6.45) is 6.96. The molecule has 1 atom stereocenters. The lowest BCUT2D eigenvalue weighted by Crippen LogP contribution is -2.28. The van der Waals surface area contributed by atoms with E-state index in [1.807, 2.05) is 12.1 Å². The normalized spacial score (nSPS) is 11.6. The number of ether oxygens (including phenoxy) is 2. The second-order valence-electron chi connectivity index (χ2n) is 5.83. The van der Waals surface area contributed by atoms with Crippen LogP contribution in [0.2, 0.25) is 0 Å².